The zero-order valence-corrected chi connectivity index (χ0v) is 10.1. The normalized spacial score (nSPS) is 18.9. The Balaban J connectivity index is 2.62. The van der Waals surface area contributed by atoms with E-state index in [1.807, 2.05) is 20.8 Å². The SMILES string of the molecule is C=C(C)CC(=O)C(C)(C)N1CCNCC1. The van der Waals surface area contributed by atoms with Crippen LogP contribution in [0.4, 0.5) is 0 Å². The van der Waals surface area contributed by atoms with Gasteiger partial charge in [0.1, 0.15) is 0 Å². The van der Waals surface area contributed by atoms with E-state index in [0.717, 1.165) is 31.8 Å². The Hall–Kier alpha value is -0.670. The van der Waals surface area contributed by atoms with Gasteiger partial charge in [0.05, 0.1) is 5.54 Å². The van der Waals surface area contributed by atoms with Crippen LogP contribution in [0.15, 0.2) is 12.2 Å². The Morgan fingerprint density at radius 2 is 1.93 bits per heavy atom. The lowest BCUT2D eigenvalue weighted by atomic mass is 9.92. The minimum atomic E-state index is -0.346. The van der Waals surface area contributed by atoms with Crippen molar-refractivity contribution in [2.24, 2.45) is 0 Å². The van der Waals surface area contributed by atoms with Crippen molar-refractivity contribution in [1.29, 1.82) is 0 Å². The van der Waals surface area contributed by atoms with Gasteiger partial charge in [-0.1, -0.05) is 12.2 Å². The molecule has 0 aromatic heterocycles. The number of piperazine rings is 1. The van der Waals surface area contributed by atoms with Crippen molar-refractivity contribution in [3.8, 4) is 0 Å². The average molecular weight is 210 g/mol. The van der Waals surface area contributed by atoms with Gasteiger partial charge in [-0.05, 0) is 20.8 Å². The second-order valence-corrected chi connectivity index (χ2v) is 4.85. The van der Waals surface area contributed by atoms with E-state index >= 15 is 0 Å². The predicted octanol–water partition coefficient (Wildman–Crippen LogP) is 1.21. The van der Waals surface area contributed by atoms with Crippen LogP contribution in [0.2, 0.25) is 0 Å². The fourth-order valence-electron chi connectivity index (χ4n) is 1.89. The number of carbonyl (C=O) groups excluding carboxylic acids is 1. The van der Waals surface area contributed by atoms with Crippen LogP contribution < -0.4 is 5.32 Å². The summed E-state index contributed by atoms with van der Waals surface area (Å²) in [6.07, 6.45) is 0.497. The molecule has 0 radical (unpaired) electrons. The minimum Gasteiger partial charge on any atom is -0.314 e. The van der Waals surface area contributed by atoms with E-state index in [1.165, 1.54) is 0 Å². The Morgan fingerprint density at radius 1 is 1.40 bits per heavy atom. The number of hydrogen-bond acceptors (Lipinski definition) is 3. The van der Waals surface area contributed by atoms with Gasteiger partial charge in [-0.3, -0.25) is 9.69 Å². The van der Waals surface area contributed by atoms with Gasteiger partial charge in [0, 0.05) is 32.6 Å². The van der Waals surface area contributed by atoms with E-state index in [4.69, 9.17) is 0 Å². The predicted molar refractivity (Wildman–Crippen MR) is 63.0 cm³/mol. The molecule has 15 heavy (non-hydrogen) atoms. The summed E-state index contributed by atoms with van der Waals surface area (Å²) in [4.78, 5) is 14.3. The van der Waals surface area contributed by atoms with E-state index in [9.17, 15) is 4.79 Å². The summed E-state index contributed by atoms with van der Waals surface area (Å²) in [7, 11) is 0. The molecule has 1 N–H and O–H groups in total. The van der Waals surface area contributed by atoms with Crippen LogP contribution >= 0.6 is 0 Å². The highest BCUT2D eigenvalue weighted by Gasteiger charge is 2.34. The second-order valence-electron chi connectivity index (χ2n) is 4.85. The number of rotatable bonds is 4. The molecule has 3 nitrogen and oxygen atoms in total. The van der Waals surface area contributed by atoms with E-state index in [0.29, 0.717) is 6.42 Å². The van der Waals surface area contributed by atoms with E-state index in [1.54, 1.807) is 0 Å². The molecular formula is C12H22N2O. The van der Waals surface area contributed by atoms with Crippen molar-refractivity contribution in [3.63, 3.8) is 0 Å². The lowest BCUT2D eigenvalue weighted by Gasteiger charge is -2.40. The molecule has 0 unspecified atom stereocenters. The monoisotopic (exact) mass is 210 g/mol. The summed E-state index contributed by atoms with van der Waals surface area (Å²) in [6.45, 7) is 13.6. The van der Waals surface area contributed by atoms with Gasteiger partial charge in [0.25, 0.3) is 0 Å². The maximum atomic E-state index is 12.1. The molecule has 0 atom stereocenters. The van der Waals surface area contributed by atoms with Crippen molar-refractivity contribution >= 4 is 5.78 Å². The third-order valence-corrected chi connectivity index (χ3v) is 3.05. The Bertz CT molecular complexity index is 252. The quantitative estimate of drug-likeness (QED) is 0.708. The Kier molecular flexibility index (Phi) is 4.05. The molecule has 0 saturated carbocycles. The van der Waals surface area contributed by atoms with E-state index in [-0.39, 0.29) is 11.3 Å². The van der Waals surface area contributed by atoms with E-state index in [2.05, 4.69) is 16.8 Å². The zero-order valence-electron chi connectivity index (χ0n) is 10.1. The summed E-state index contributed by atoms with van der Waals surface area (Å²) in [5.74, 6) is 0.275. The molecular weight excluding hydrogens is 188 g/mol. The fourth-order valence-corrected chi connectivity index (χ4v) is 1.89. The number of ketones is 1. The number of nitrogens with zero attached hydrogens (tertiary/aromatic N) is 1. The highest BCUT2D eigenvalue weighted by atomic mass is 16.1. The van der Waals surface area contributed by atoms with Crippen LogP contribution in [0, 0.1) is 0 Å². The molecule has 1 rings (SSSR count). The van der Waals surface area contributed by atoms with Crippen LogP contribution in [0.25, 0.3) is 0 Å². The van der Waals surface area contributed by atoms with Gasteiger partial charge in [-0.2, -0.15) is 0 Å². The van der Waals surface area contributed by atoms with Gasteiger partial charge < -0.3 is 5.32 Å². The Morgan fingerprint density at radius 3 is 2.40 bits per heavy atom. The van der Waals surface area contributed by atoms with Gasteiger partial charge >= 0.3 is 0 Å². The third kappa shape index (κ3) is 3.14. The molecule has 3 heteroatoms. The van der Waals surface area contributed by atoms with Crippen LogP contribution in [0.1, 0.15) is 27.2 Å². The summed E-state index contributed by atoms with van der Waals surface area (Å²) in [5, 5.41) is 3.30. The lowest BCUT2D eigenvalue weighted by Crippen LogP contribution is -2.57. The van der Waals surface area contributed by atoms with Gasteiger partial charge in [0.2, 0.25) is 0 Å². The number of carbonyl (C=O) groups is 1. The molecule has 0 spiro atoms. The van der Waals surface area contributed by atoms with Crippen LogP contribution in [-0.2, 0) is 4.79 Å². The number of allylic oxidation sites excluding steroid dienone is 1. The topological polar surface area (TPSA) is 32.3 Å². The van der Waals surface area contributed by atoms with Crippen LogP contribution in [0.3, 0.4) is 0 Å². The maximum absolute atomic E-state index is 12.1. The smallest absolute Gasteiger partial charge is 0.156 e. The molecule has 1 aliphatic heterocycles. The first kappa shape index (κ1) is 12.4. The lowest BCUT2D eigenvalue weighted by molar-refractivity contribution is -0.129. The van der Waals surface area contributed by atoms with E-state index < -0.39 is 0 Å². The largest absolute Gasteiger partial charge is 0.314 e. The fraction of sp³-hybridized carbons (Fsp3) is 0.750. The Labute approximate surface area is 92.5 Å². The van der Waals surface area contributed by atoms with Crippen LogP contribution in [0.5, 0.6) is 0 Å². The highest BCUT2D eigenvalue weighted by Crippen LogP contribution is 2.19. The molecule has 1 saturated heterocycles. The summed E-state index contributed by atoms with van der Waals surface area (Å²) in [5.41, 5.74) is 0.601. The summed E-state index contributed by atoms with van der Waals surface area (Å²) >= 11 is 0. The molecule has 0 bridgehead atoms. The van der Waals surface area contributed by atoms with Gasteiger partial charge in [-0.15, -0.1) is 0 Å². The van der Waals surface area contributed by atoms with Crippen molar-refractivity contribution in [2.45, 2.75) is 32.7 Å². The number of Topliss-reactive ketones (excluding diaryl/α,β-unsaturated/α-hetero) is 1. The maximum Gasteiger partial charge on any atom is 0.156 e. The number of nitrogens with one attached hydrogen (secondary N) is 1. The standard InChI is InChI=1S/C12H22N2O/c1-10(2)9-11(15)12(3,4)14-7-5-13-6-8-14/h13H,1,5-9H2,2-4H3. The molecule has 0 aliphatic carbocycles. The second kappa shape index (κ2) is 4.90. The molecule has 0 aromatic rings. The highest BCUT2D eigenvalue weighted by molar-refractivity contribution is 5.89. The first-order valence-corrected chi connectivity index (χ1v) is 5.58. The molecule has 0 amide bonds. The molecule has 1 aliphatic rings. The van der Waals surface area contributed by atoms with Crippen LogP contribution in [-0.4, -0.2) is 42.4 Å². The van der Waals surface area contributed by atoms with Crippen molar-refractivity contribution in [2.75, 3.05) is 26.2 Å². The first-order valence-electron chi connectivity index (χ1n) is 5.58. The zero-order chi connectivity index (χ0) is 11.5. The van der Waals surface area contributed by atoms with Gasteiger partial charge in [0.15, 0.2) is 5.78 Å². The average Bonchev–Trinajstić information content (AvgIpc) is 2.18. The van der Waals surface area contributed by atoms with Crippen molar-refractivity contribution < 1.29 is 4.79 Å². The third-order valence-electron chi connectivity index (χ3n) is 3.05. The minimum absolute atomic E-state index is 0.275. The molecule has 1 fully saturated rings. The molecule has 0 aromatic carbocycles. The first-order chi connectivity index (χ1) is 6.94. The van der Waals surface area contributed by atoms with Gasteiger partial charge in [-0.25, -0.2) is 0 Å². The van der Waals surface area contributed by atoms with Crippen molar-refractivity contribution in [3.05, 3.63) is 12.2 Å². The molecule has 1 heterocycles. The summed E-state index contributed by atoms with van der Waals surface area (Å²) < 4.78 is 0. The summed E-state index contributed by atoms with van der Waals surface area (Å²) in [6, 6.07) is 0. The molecule has 86 valence electrons. The van der Waals surface area contributed by atoms with Crippen molar-refractivity contribution in [1.82, 2.24) is 10.2 Å². The number of hydrogen-bond donors (Lipinski definition) is 1.